The summed E-state index contributed by atoms with van der Waals surface area (Å²) in [6.45, 7) is 0.373. The number of carbonyl (C=O) groups excluding carboxylic acids is 1. The van der Waals surface area contributed by atoms with Crippen molar-refractivity contribution in [2.24, 2.45) is 0 Å². The zero-order valence-corrected chi connectivity index (χ0v) is 13.1. The van der Waals surface area contributed by atoms with Gasteiger partial charge in [-0.3, -0.25) is 9.59 Å². The van der Waals surface area contributed by atoms with Gasteiger partial charge >= 0.3 is 0 Å². The van der Waals surface area contributed by atoms with E-state index in [1.165, 1.54) is 19.2 Å². The molecule has 0 fully saturated rings. The molecule has 24 heavy (non-hydrogen) atoms. The smallest absolute Gasteiger partial charge is 0.287 e. The van der Waals surface area contributed by atoms with Crippen molar-refractivity contribution < 1.29 is 22.7 Å². The Morgan fingerprint density at radius 1 is 1.21 bits per heavy atom. The third kappa shape index (κ3) is 4.65. The van der Waals surface area contributed by atoms with Crippen molar-refractivity contribution in [2.45, 2.75) is 19.3 Å². The molecule has 7 heteroatoms. The Morgan fingerprint density at radius 3 is 2.67 bits per heavy atom. The van der Waals surface area contributed by atoms with E-state index >= 15 is 0 Å². The van der Waals surface area contributed by atoms with E-state index in [9.17, 15) is 18.4 Å². The van der Waals surface area contributed by atoms with Gasteiger partial charge in [-0.2, -0.15) is 0 Å². The SMILES string of the molecule is COc1coc(C(=O)NCCCCc2ccc(F)c(F)c2)cc1=O. The van der Waals surface area contributed by atoms with Crippen molar-refractivity contribution in [3.63, 3.8) is 0 Å². The van der Waals surface area contributed by atoms with Crippen molar-refractivity contribution in [1.29, 1.82) is 0 Å². The first-order valence-corrected chi connectivity index (χ1v) is 7.40. The topological polar surface area (TPSA) is 68.5 Å². The van der Waals surface area contributed by atoms with Crippen molar-refractivity contribution in [2.75, 3.05) is 13.7 Å². The first kappa shape index (κ1) is 17.7. The van der Waals surface area contributed by atoms with Gasteiger partial charge in [-0.15, -0.1) is 0 Å². The second-order valence-electron chi connectivity index (χ2n) is 5.14. The molecule has 1 amide bonds. The number of hydrogen-bond acceptors (Lipinski definition) is 4. The molecule has 0 aliphatic heterocycles. The van der Waals surface area contributed by atoms with Crippen LogP contribution in [-0.2, 0) is 6.42 Å². The van der Waals surface area contributed by atoms with Crippen molar-refractivity contribution in [3.05, 3.63) is 63.7 Å². The van der Waals surface area contributed by atoms with Gasteiger partial charge in [0.05, 0.1) is 7.11 Å². The van der Waals surface area contributed by atoms with Crippen LogP contribution in [0.4, 0.5) is 8.78 Å². The molecule has 0 atom stereocenters. The van der Waals surface area contributed by atoms with Crippen LogP contribution in [0.5, 0.6) is 5.75 Å². The summed E-state index contributed by atoms with van der Waals surface area (Å²) >= 11 is 0. The van der Waals surface area contributed by atoms with Crippen LogP contribution in [0.15, 0.2) is 39.7 Å². The zero-order valence-electron chi connectivity index (χ0n) is 13.1. The van der Waals surface area contributed by atoms with Crippen LogP contribution >= 0.6 is 0 Å². The Labute approximate surface area is 137 Å². The number of benzene rings is 1. The minimum atomic E-state index is -0.869. The highest BCUT2D eigenvalue weighted by atomic mass is 19.2. The molecule has 1 heterocycles. The molecule has 1 aromatic heterocycles. The van der Waals surface area contributed by atoms with Crippen LogP contribution in [0.1, 0.15) is 29.0 Å². The van der Waals surface area contributed by atoms with Crippen LogP contribution in [0.25, 0.3) is 0 Å². The molecule has 0 spiro atoms. The molecule has 128 valence electrons. The largest absolute Gasteiger partial charge is 0.490 e. The van der Waals surface area contributed by atoms with E-state index in [1.54, 1.807) is 0 Å². The summed E-state index contributed by atoms with van der Waals surface area (Å²) in [7, 11) is 1.33. The standard InChI is InChI=1S/C17H17F2NO4/c1-23-16-10-24-15(9-14(16)21)17(22)20-7-3-2-4-11-5-6-12(18)13(19)8-11/h5-6,8-10H,2-4,7H2,1H3,(H,20,22). The second kappa shape index (κ2) is 8.24. The van der Waals surface area contributed by atoms with Crippen LogP contribution in [0.2, 0.25) is 0 Å². The third-order valence-corrected chi connectivity index (χ3v) is 3.40. The van der Waals surface area contributed by atoms with Gasteiger partial charge < -0.3 is 14.5 Å². The fourth-order valence-corrected chi connectivity index (χ4v) is 2.11. The maximum atomic E-state index is 13.1. The summed E-state index contributed by atoms with van der Waals surface area (Å²) in [6.07, 6.45) is 2.99. The van der Waals surface area contributed by atoms with Gasteiger partial charge in [-0.05, 0) is 37.0 Å². The highest BCUT2D eigenvalue weighted by Crippen LogP contribution is 2.11. The fraction of sp³-hybridized carbons (Fsp3) is 0.294. The quantitative estimate of drug-likeness (QED) is 0.789. The molecule has 0 aliphatic rings. The van der Waals surface area contributed by atoms with Crippen LogP contribution in [-0.4, -0.2) is 19.6 Å². The fourth-order valence-electron chi connectivity index (χ4n) is 2.11. The predicted octanol–water partition coefficient (Wildman–Crippen LogP) is 2.68. The highest BCUT2D eigenvalue weighted by molar-refractivity contribution is 5.91. The zero-order chi connectivity index (χ0) is 17.5. The van der Waals surface area contributed by atoms with E-state index in [-0.39, 0.29) is 11.5 Å². The Bertz CT molecular complexity index is 773. The number of nitrogens with one attached hydrogen (secondary N) is 1. The average Bonchev–Trinajstić information content (AvgIpc) is 2.57. The number of amides is 1. The van der Waals surface area contributed by atoms with Crippen molar-refractivity contribution in [1.82, 2.24) is 5.32 Å². The number of hydrogen-bond donors (Lipinski definition) is 1. The van der Waals surface area contributed by atoms with E-state index < -0.39 is 23.0 Å². The van der Waals surface area contributed by atoms with E-state index in [4.69, 9.17) is 9.15 Å². The number of halogens is 2. The Balaban J connectivity index is 1.75. The molecule has 2 rings (SSSR count). The molecule has 0 bridgehead atoms. The van der Waals surface area contributed by atoms with E-state index in [2.05, 4.69) is 5.32 Å². The average molecular weight is 337 g/mol. The van der Waals surface area contributed by atoms with Crippen LogP contribution in [0.3, 0.4) is 0 Å². The third-order valence-electron chi connectivity index (χ3n) is 3.40. The van der Waals surface area contributed by atoms with Crippen molar-refractivity contribution >= 4 is 5.91 Å². The lowest BCUT2D eigenvalue weighted by atomic mass is 10.1. The van der Waals surface area contributed by atoms with E-state index in [1.807, 2.05) is 0 Å². The summed E-state index contributed by atoms with van der Waals surface area (Å²) < 4.78 is 35.7. The summed E-state index contributed by atoms with van der Waals surface area (Å²) in [4.78, 5) is 23.4. The van der Waals surface area contributed by atoms with Gasteiger partial charge in [0.15, 0.2) is 17.4 Å². The highest BCUT2D eigenvalue weighted by Gasteiger charge is 2.11. The molecule has 1 N–H and O–H groups in total. The van der Waals surface area contributed by atoms with Gasteiger partial charge in [0.2, 0.25) is 11.2 Å². The maximum absolute atomic E-state index is 13.1. The second-order valence-corrected chi connectivity index (χ2v) is 5.14. The molecular weight excluding hydrogens is 320 g/mol. The Morgan fingerprint density at radius 2 is 2.00 bits per heavy atom. The molecule has 0 unspecified atom stereocenters. The Kier molecular flexibility index (Phi) is 6.06. The number of ether oxygens (including phenoxy) is 1. The normalized spacial score (nSPS) is 10.5. The summed E-state index contributed by atoms with van der Waals surface area (Å²) in [5, 5.41) is 2.62. The molecule has 0 saturated carbocycles. The number of unbranched alkanes of at least 4 members (excludes halogenated alkanes) is 1. The number of rotatable bonds is 7. The maximum Gasteiger partial charge on any atom is 0.287 e. The minimum absolute atomic E-state index is 0.0260. The van der Waals surface area contributed by atoms with Crippen LogP contribution < -0.4 is 15.5 Å². The number of aryl methyl sites for hydroxylation is 1. The molecule has 0 aliphatic carbocycles. The van der Waals surface area contributed by atoms with Crippen LogP contribution in [0, 0.1) is 11.6 Å². The number of methoxy groups -OCH3 is 1. The first-order chi connectivity index (χ1) is 11.5. The summed E-state index contributed by atoms with van der Waals surface area (Å²) in [5.74, 6) is -2.30. The lowest BCUT2D eigenvalue weighted by molar-refractivity contribution is 0.0922. The van der Waals surface area contributed by atoms with Gasteiger partial charge in [-0.25, -0.2) is 8.78 Å². The molecular formula is C17H17F2NO4. The molecule has 0 radical (unpaired) electrons. The van der Waals surface area contributed by atoms with Gasteiger partial charge in [0, 0.05) is 12.6 Å². The van der Waals surface area contributed by atoms with Crippen molar-refractivity contribution in [3.8, 4) is 5.75 Å². The lowest BCUT2D eigenvalue weighted by Crippen LogP contribution is -2.25. The van der Waals surface area contributed by atoms with Gasteiger partial charge in [0.25, 0.3) is 5.91 Å². The van der Waals surface area contributed by atoms with Gasteiger partial charge in [-0.1, -0.05) is 6.07 Å². The molecule has 0 saturated heterocycles. The van der Waals surface area contributed by atoms with E-state index in [0.29, 0.717) is 31.4 Å². The summed E-state index contributed by atoms with van der Waals surface area (Å²) in [6, 6.07) is 4.86. The number of carbonyl (C=O) groups is 1. The molecule has 2 aromatic rings. The summed E-state index contributed by atoms with van der Waals surface area (Å²) in [5.41, 5.74) is 0.258. The minimum Gasteiger partial charge on any atom is -0.490 e. The Hall–Kier alpha value is -2.70. The lowest BCUT2D eigenvalue weighted by Gasteiger charge is -2.05. The van der Waals surface area contributed by atoms with E-state index in [0.717, 1.165) is 18.4 Å². The molecule has 5 nitrogen and oxygen atoms in total. The molecule has 1 aromatic carbocycles. The van der Waals surface area contributed by atoms with Gasteiger partial charge in [0.1, 0.15) is 6.26 Å². The monoisotopic (exact) mass is 337 g/mol. The first-order valence-electron chi connectivity index (χ1n) is 7.40. The predicted molar refractivity (Wildman–Crippen MR) is 83.2 cm³/mol.